The first-order chi connectivity index (χ1) is 5.77. The Bertz CT molecular complexity index is 473. The van der Waals surface area contributed by atoms with Crippen LogP contribution in [0.2, 0.25) is 0 Å². The largest absolute Gasteiger partial charge is 0.398 e. The molecule has 0 saturated carbocycles. The van der Waals surface area contributed by atoms with Gasteiger partial charge in [0.25, 0.3) is 0 Å². The summed E-state index contributed by atoms with van der Waals surface area (Å²) in [4.78, 5) is 13.5. The van der Waals surface area contributed by atoms with Gasteiger partial charge in [-0.1, -0.05) is 12.1 Å². The minimum Gasteiger partial charge on any atom is -0.398 e. The molecule has 0 unspecified atom stereocenters. The van der Waals surface area contributed by atoms with Crippen molar-refractivity contribution in [3.05, 3.63) is 40.8 Å². The Morgan fingerprint density at radius 1 is 1.33 bits per heavy atom. The highest BCUT2D eigenvalue weighted by molar-refractivity contribution is 5.91. The number of hydrogen-bond donors (Lipinski definition) is 2. The van der Waals surface area contributed by atoms with E-state index in [1.165, 1.54) is 6.07 Å². The maximum Gasteiger partial charge on any atom is 0.248 e. The molecule has 0 amide bonds. The van der Waals surface area contributed by atoms with Gasteiger partial charge in [-0.2, -0.15) is 0 Å². The van der Waals surface area contributed by atoms with Crippen LogP contribution < -0.4 is 11.3 Å². The lowest BCUT2D eigenvalue weighted by molar-refractivity contribution is 1.27. The van der Waals surface area contributed by atoms with Crippen molar-refractivity contribution in [1.29, 1.82) is 0 Å². The fourth-order valence-corrected chi connectivity index (χ4v) is 1.22. The second-order valence-corrected chi connectivity index (χ2v) is 2.65. The van der Waals surface area contributed by atoms with E-state index < -0.39 is 0 Å². The van der Waals surface area contributed by atoms with E-state index in [1.807, 2.05) is 12.1 Å². The molecule has 12 heavy (non-hydrogen) atoms. The van der Waals surface area contributed by atoms with Crippen molar-refractivity contribution in [2.45, 2.75) is 0 Å². The highest BCUT2D eigenvalue weighted by Gasteiger charge is 1.95. The third kappa shape index (κ3) is 0.955. The van der Waals surface area contributed by atoms with Gasteiger partial charge in [-0.25, -0.2) is 0 Å². The monoisotopic (exact) mass is 160 g/mol. The zero-order valence-electron chi connectivity index (χ0n) is 6.37. The molecule has 2 aromatic rings. The summed E-state index contributed by atoms with van der Waals surface area (Å²) in [6.07, 6.45) is 1.63. The van der Waals surface area contributed by atoms with E-state index in [0.29, 0.717) is 5.69 Å². The van der Waals surface area contributed by atoms with Crippen LogP contribution in [0.5, 0.6) is 0 Å². The molecule has 3 nitrogen and oxygen atoms in total. The Morgan fingerprint density at radius 3 is 3.00 bits per heavy atom. The Hall–Kier alpha value is -1.77. The van der Waals surface area contributed by atoms with Crippen LogP contribution in [0, 0.1) is 0 Å². The number of benzene rings is 1. The summed E-state index contributed by atoms with van der Waals surface area (Å²) < 4.78 is 0. The normalized spacial score (nSPS) is 10.3. The number of nitrogen functional groups attached to an aromatic ring is 1. The molecular formula is C9H8N2O. The molecule has 0 saturated heterocycles. The molecule has 60 valence electrons. The number of anilines is 1. The molecule has 0 atom stereocenters. The fraction of sp³-hybridized carbons (Fsp3) is 0. The van der Waals surface area contributed by atoms with E-state index in [-0.39, 0.29) is 5.56 Å². The Kier molecular flexibility index (Phi) is 1.37. The molecule has 3 N–H and O–H groups in total. The van der Waals surface area contributed by atoms with Crippen molar-refractivity contribution in [2.24, 2.45) is 0 Å². The number of H-pyrrole nitrogens is 1. The van der Waals surface area contributed by atoms with Gasteiger partial charge in [-0.3, -0.25) is 4.79 Å². The molecule has 1 heterocycles. The molecule has 0 spiro atoms. The van der Waals surface area contributed by atoms with E-state index in [0.717, 1.165) is 10.8 Å². The zero-order chi connectivity index (χ0) is 8.55. The van der Waals surface area contributed by atoms with Crippen LogP contribution in [-0.4, -0.2) is 4.98 Å². The number of aromatic amines is 1. The van der Waals surface area contributed by atoms with Crippen molar-refractivity contribution < 1.29 is 0 Å². The predicted molar refractivity (Wildman–Crippen MR) is 49.0 cm³/mol. The molecule has 0 fully saturated rings. The van der Waals surface area contributed by atoms with Crippen molar-refractivity contribution in [1.82, 2.24) is 4.98 Å². The van der Waals surface area contributed by atoms with Gasteiger partial charge in [-0.05, 0) is 11.5 Å². The Balaban J connectivity index is 2.96. The molecule has 0 bridgehead atoms. The zero-order valence-corrected chi connectivity index (χ0v) is 6.37. The lowest BCUT2D eigenvalue weighted by Gasteiger charge is -1.98. The Morgan fingerprint density at radius 2 is 2.17 bits per heavy atom. The van der Waals surface area contributed by atoms with E-state index in [9.17, 15) is 4.79 Å². The highest BCUT2D eigenvalue weighted by atomic mass is 16.1. The standard InChI is InChI=1S/C9H8N2O/c10-8-3-1-2-6-4-9(12)11-5-7(6)8/h1-5H,10H2,(H,11,12). The molecule has 1 aromatic carbocycles. The second-order valence-electron chi connectivity index (χ2n) is 2.65. The van der Waals surface area contributed by atoms with Crippen LogP contribution in [0.15, 0.2) is 35.3 Å². The van der Waals surface area contributed by atoms with Gasteiger partial charge in [0.2, 0.25) is 5.56 Å². The number of fused-ring (bicyclic) bond motifs is 1. The van der Waals surface area contributed by atoms with Crippen molar-refractivity contribution in [2.75, 3.05) is 5.73 Å². The summed E-state index contributed by atoms with van der Waals surface area (Å²) in [7, 11) is 0. The second kappa shape index (κ2) is 2.37. The predicted octanol–water partition coefficient (Wildman–Crippen LogP) is 1.11. The van der Waals surface area contributed by atoms with Crippen molar-refractivity contribution >= 4 is 16.5 Å². The van der Waals surface area contributed by atoms with E-state index in [4.69, 9.17) is 5.73 Å². The van der Waals surface area contributed by atoms with Crippen LogP contribution in [0.4, 0.5) is 5.69 Å². The van der Waals surface area contributed by atoms with Gasteiger partial charge in [0.1, 0.15) is 0 Å². The molecule has 0 aliphatic heterocycles. The summed E-state index contributed by atoms with van der Waals surface area (Å²) in [5, 5.41) is 1.76. The van der Waals surface area contributed by atoms with Crippen LogP contribution in [0.1, 0.15) is 0 Å². The van der Waals surface area contributed by atoms with Gasteiger partial charge in [0.05, 0.1) is 0 Å². The van der Waals surface area contributed by atoms with Crippen LogP contribution >= 0.6 is 0 Å². The molecule has 0 aliphatic rings. The summed E-state index contributed by atoms with van der Waals surface area (Å²) in [6.45, 7) is 0. The summed E-state index contributed by atoms with van der Waals surface area (Å²) in [6, 6.07) is 7.03. The minimum absolute atomic E-state index is 0.104. The summed E-state index contributed by atoms with van der Waals surface area (Å²) in [5.74, 6) is 0. The number of rotatable bonds is 0. The molecule has 0 aliphatic carbocycles. The van der Waals surface area contributed by atoms with Gasteiger partial charge < -0.3 is 10.7 Å². The number of nitrogens with two attached hydrogens (primary N) is 1. The average Bonchev–Trinajstić information content (AvgIpc) is 2.04. The quantitative estimate of drug-likeness (QED) is 0.567. The molecule has 2 rings (SSSR count). The van der Waals surface area contributed by atoms with Gasteiger partial charge in [0, 0.05) is 23.3 Å². The number of pyridine rings is 1. The number of nitrogens with one attached hydrogen (secondary N) is 1. The van der Waals surface area contributed by atoms with Crippen LogP contribution in [0.25, 0.3) is 10.8 Å². The van der Waals surface area contributed by atoms with Gasteiger partial charge in [0.15, 0.2) is 0 Å². The average molecular weight is 160 g/mol. The van der Waals surface area contributed by atoms with Crippen LogP contribution in [0.3, 0.4) is 0 Å². The smallest absolute Gasteiger partial charge is 0.248 e. The maximum atomic E-state index is 10.9. The summed E-state index contributed by atoms with van der Waals surface area (Å²) in [5.41, 5.74) is 6.26. The van der Waals surface area contributed by atoms with E-state index >= 15 is 0 Å². The third-order valence-corrected chi connectivity index (χ3v) is 1.82. The van der Waals surface area contributed by atoms with Gasteiger partial charge >= 0.3 is 0 Å². The molecular weight excluding hydrogens is 152 g/mol. The first kappa shape index (κ1) is 6.91. The van der Waals surface area contributed by atoms with Gasteiger partial charge in [-0.15, -0.1) is 0 Å². The van der Waals surface area contributed by atoms with Crippen molar-refractivity contribution in [3.63, 3.8) is 0 Å². The lowest BCUT2D eigenvalue weighted by Crippen LogP contribution is -2.02. The fourth-order valence-electron chi connectivity index (χ4n) is 1.22. The van der Waals surface area contributed by atoms with Crippen LogP contribution in [-0.2, 0) is 0 Å². The first-order valence-corrected chi connectivity index (χ1v) is 3.64. The first-order valence-electron chi connectivity index (χ1n) is 3.64. The molecule has 0 radical (unpaired) electrons. The molecule has 1 aromatic heterocycles. The SMILES string of the molecule is Nc1cccc2cc(=O)[nH]cc12. The lowest BCUT2D eigenvalue weighted by atomic mass is 10.1. The van der Waals surface area contributed by atoms with Crippen molar-refractivity contribution in [3.8, 4) is 0 Å². The van der Waals surface area contributed by atoms with E-state index in [1.54, 1.807) is 12.3 Å². The third-order valence-electron chi connectivity index (χ3n) is 1.82. The minimum atomic E-state index is -0.104. The highest BCUT2D eigenvalue weighted by Crippen LogP contribution is 2.16. The maximum absolute atomic E-state index is 10.9. The number of aromatic nitrogens is 1. The van der Waals surface area contributed by atoms with E-state index in [2.05, 4.69) is 4.98 Å². The summed E-state index contributed by atoms with van der Waals surface area (Å²) >= 11 is 0. The molecule has 3 heteroatoms. The Labute approximate surface area is 68.8 Å². The topological polar surface area (TPSA) is 58.9 Å². The number of hydrogen-bond acceptors (Lipinski definition) is 2.